The van der Waals surface area contributed by atoms with Crippen LogP contribution in [0, 0.1) is 5.92 Å². The van der Waals surface area contributed by atoms with Gasteiger partial charge in [-0.05, 0) is 18.1 Å². The van der Waals surface area contributed by atoms with Crippen molar-refractivity contribution in [3.05, 3.63) is 41.9 Å². The number of benzene rings is 1. The predicted octanol–water partition coefficient (Wildman–Crippen LogP) is 1.49. The SMILES string of the molecule is CN1C[C@H](C(=O)Nc2n[nH]c(CCc3c[nH]c4ccccc34)n2)CC1=O. The number of rotatable bonds is 5. The standard InChI is InChI=1S/C18H20N6O2/c1-24-10-12(8-16(24)25)17(26)21-18-20-15(22-23-18)7-6-11-9-19-14-5-3-2-4-13(11)14/h2-5,9,12,19H,6-8,10H2,1H3,(H2,20,21,22,23,26)/t12-/m1/s1. The van der Waals surface area contributed by atoms with Crippen LogP contribution >= 0.6 is 0 Å². The first-order valence-electron chi connectivity index (χ1n) is 8.61. The summed E-state index contributed by atoms with van der Waals surface area (Å²) in [6.45, 7) is 0.433. The summed E-state index contributed by atoms with van der Waals surface area (Å²) in [6.07, 6.45) is 3.75. The number of H-pyrrole nitrogens is 2. The molecule has 1 saturated heterocycles. The third-order valence-corrected chi connectivity index (χ3v) is 4.78. The largest absolute Gasteiger partial charge is 0.361 e. The second kappa shape index (κ2) is 6.62. The summed E-state index contributed by atoms with van der Waals surface area (Å²) in [4.78, 5) is 32.9. The third kappa shape index (κ3) is 3.17. The number of carbonyl (C=O) groups excluding carboxylic acids is 2. The first kappa shape index (κ1) is 16.3. The zero-order chi connectivity index (χ0) is 18.1. The van der Waals surface area contributed by atoms with Gasteiger partial charge in [0.2, 0.25) is 17.8 Å². The molecule has 0 unspecified atom stereocenters. The van der Waals surface area contributed by atoms with Crippen LogP contribution in [-0.4, -0.2) is 50.5 Å². The molecule has 3 N–H and O–H groups in total. The number of nitrogens with one attached hydrogen (secondary N) is 3. The van der Waals surface area contributed by atoms with E-state index in [2.05, 4.69) is 31.5 Å². The van der Waals surface area contributed by atoms with Gasteiger partial charge in [0.15, 0.2) is 0 Å². The molecule has 4 rings (SSSR count). The summed E-state index contributed by atoms with van der Waals surface area (Å²) in [5.41, 5.74) is 2.33. The molecule has 134 valence electrons. The van der Waals surface area contributed by atoms with Gasteiger partial charge in [-0.25, -0.2) is 0 Å². The van der Waals surface area contributed by atoms with E-state index in [0.717, 1.165) is 11.9 Å². The lowest BCUT2D eigenvalue weighted by Crippen LogP contribution is -2.26. The zero-order valence-corrected chi connectivity index (χ0v) is 14.5. The van der Waals surface area contributed by atoms with Crippen LogP contribution in [0.5, 0.6) is 0 Å². The van der Waals surface area contributed by atoms with Gasteiger partial charge >= 0.3 is 0 Å². The van der Waals surface area contributed by atoms with Gasteiger partial charge in [0.05, 0.1) is 5.92 Å². The third-order valence-electron chi connectivity index (χ3n) is 4.78. The van der Waals surface area contributed by atoms with Gasteiger partial charge in [-0.3, -0.25) is 20.0 Å². The highest BCUT2D eigenvalue weighted by molar-refractivity contribution is 5.96. The van der Waals surface area contributed by atoms with Gasteiger partial charge in [0.1, 0.15) is 5.82 Å². The summed E-state index contributed by atoms with van der Waals surface area (Å²) in [5, 5.41) is 10.8. The minimum absolute atomic E-state index is 0.0143. The Labute approximate surface area is 150 Å². The molecule has 0 radical (unpaired) electrons. The van der Waals surface area contributed by atoms with Crippen molar-refractivity contribution in [2.45, 2.75) is 19.3 Å². The van der Waals surface area contributed by atoms with Crippen LogP contribution in [0.3, 0.4) is 0 Å². The molecule has 0 bridgehead atoms. The van der Waals surface area contributed by atoms with E-state index >= 15 is 0 Å². The van der Waals surface area contributed by atoms with Gasteiger partial charge in [-0.2, -0.15) is 4.98 Å². The molecular weight excluding hydrogens is 332 g/mol. The lowest BCUT2D eigenvalue weighted by Gasteiger charge is -2.08. The van der Waals surface area contributed by atoms with Crippen molar-refractivity contribution in [3.8, 4) is 0 Å². The maximum absolute atomic E-state index is 12.2. The molecule has 1 aromatic carbocycles. The summed E-state index contributed by atoms with van der Waals surface area (Å²) < 4.78 is 0. The van der Waals surface area contributed by atoms with Crippen LogP contribution in [0.4, 0.5) is 5.95 Å². The summed E-state index contributed by atoms with van der Waals surface area (Å²) >= 11 is 0. The average molecular weight is 352 g/mol. The van der Waals surface area contributed by atoms with Gasteiger partial charge < -0.3 is 9.88 Å². The highest BCUT2D eigenvalue weighted by Gasteiger charge is 2.32. The molecule has 3 aromatic rings. The van der Waals surface area contributed by atoms with E-state index in [1.807, 2.05) is 24.4 Å². The van der Waals surface area contributed by atoms with Crippen LogP contribution in [0.2, 0.25) is 0 Å². The molecule has 3 heterocycles. The molecule has 8 nitrogen and oxygen atoms in total. The highest BCUT2D eigenvalue weighted by Crippen LogP contribution is 2.20. The number of aromatic amines is 2. The maximum Gasteiger partial charge on any atom is 0.248 e. The topological polar surface area (TPSA) is 107 Å². The van der Waals surface area contributed by atoms with Crippen molar-refractivity contribution in [2.24, 2.45) is 5.92 Å². The molecule has 1 fully saturated rings. The predicted molar refractivity (Wildman–Crippen MR) is 96.5 cm³/mol. The summed E-state index contributed by atoms with van der Waals surface area (Å²) in [5.74, 6) is 0.390. The Bertz CT molecular complexity index is 959. The number of hydrogen-bond donors (Lipinski definition) is 3. The van der Waals surface area contributed by atoms with Gasteiger partial charge in [0, 0.05) is 43.5 Å². The first-order valence-corrected chi connectivity index (χ1v) is 8.61. The number of nitrogens with zero attached hydrogens (tertiary/aromatic N) is 3. The molecule has 0 spiro atoms. The summed E-state index contributed by atoms with van der Waals surface area (Å²) in [7, 11) is 1.70. The Morgan fingerprint density at radius 3 is 3.00 bits per heavy atom. The molecule has 2 amide bonds. The van der Waals surface area contributed by atoms with E-state index < -0.39 is 0 Å². The fourth-order valence-electron chi connectivity index (χ4n) is 3.31. The maximum atomic E-state index is 12.2. The zero-order valence-electron chi connectivity index (χ0n) is 14.5. The monoisotopic (exact) mass is 352 g/mol. The number of hydrogen-bond acceptors (Lipinski definition) is 4. The molecule has 0 saturated carbocycles. The normalized spacial score (nSPS) is 17.2. The highest BCUT2D eigenvalue weighted by atomic mass is 16.2. The van der Waals surface area contributed by atoms with Crippen molar-refractivity contribution in [1.29, 1.82) is 0 Å². The number of likely N-dealkylation sites (tertiary alicyclic amines) is 1. The van der Waals surface area contributed by atoms with Crippen LogP contribution in [0.1, 0.15) is 17.8 Å². The molecule has 26 heavy (non-hydrogen) atoms. The Kier molecular flexibility index (Phi) is 4.16. The molecule has 2 aromatic heterocycles. The Balaban J connectivity index is 1.36. The molecule has 0 aliphatic carbocycles. The van der Waals surface area contributed by atoms with Crippen LogP contribution in [-0.2, 0) is 22.4 Å². The van der Waals surface area contributed by atoms with E-state index in [1.54, 1.807) is 11.9 Å². The number of aryl methyl sites for hydroxylation is 2. The van der Waals surface area contributed by atoms with Gasteiger partial charge in [0.25, 0.3) is 0 Å². The minimum Gasteiger partial charge on any atom is -0.361 e. The van der Waals surface area contributed by atoms with Gasteiger partial charge in [-0.15, -0.1) is 5.10 Å². The van der Waals surface area contributed by atoms with Gasteiger partial charge in [-0.1, -0.05) is 18.2 Å². The second-order valence-corrected chi connectivity index (χ2v) is 6.63. The summed E-state index contributed by atoms with van der Waals surface area (Å²) in [6, 6.07) is 8.16. The number of para-hydroxylation sites is 1. The molecule has 1 atom stereocenters. The lowest BCUT2D eigenvalue weighted by atomic mass is 10.1. The fraction of sp³-hybridized carbons (Fsp3) is 0.333. The molecule has 8 heteroatoms. The Hall–Kier alpha value is -3.16. The number of aromatic nitrogens is 4. The Morgan fingerprint density at radius 2 is 2.19 bits per heavy atom. The van der Waals surface area contributed by atoms with E-state index in [9.17, 15) is 9.59 Å². The van der Waals surface area contributed by atoms with E-state index in [4.69, 9.17) is 0 Å². The van der Waals surface area contributed by atoms with Crippen LogP contribution < -0.4 is 5.32 Å². The quantitative estimate of drug-likeness (QED) is 0.646. The van der Waals surface area contributed by atoms with Crippen molar-refractivity contribution in [2.75, 3.05) is 18.9 Å². The van der Waals surface area contributed by atoms with Crippen molar-refractivity contribution in [3.63, 3.8) is 0 Å². The number of amides is 2. The first-order chi connectivity index (χ1) is 12.6. The van der Waals surface area contributed by atoms with Crippen LogP contribution in [0.15, 0.2) is 30.5 Å². The van der Waals surface area contributed by atoms with Crippen molar-refractivity contribution >= 4 is 28.7 Å². The smallest absolute Gasteiger partial charge is 0.248 e. The number of fused-ring (bicyclic) bond motifs is 1. The van der Waals surface area contributed by atoms with Crippen molar-refractivity contribution < 1.29 is 9.59 Å². The fourth-order valence-corrected chi connectivity index (χ4v) is 3.31. The average Bonchev–Trinajstić information content (AvgIpc) is 3.33. The van der Waals surface area contributed by atoms with Crippen LogP contribution in [0.25, 0.3) is 10.9 Å². The number of carbonyl (C=O) groups is 2. The number of anilines is 1. The van der Waals surface area contributed by atoms with Crippen molar-refractivity contribution in [1.82, 2.24) is 25.1 Å². The Morgan fingerprint density at radius 1 is 1.35 bits per heavy atom. The molecular formula is C18H20N6O2. The van der Waals surface area contributed by atoms with E-state index in [0.29, 0.717) is 18.8 Å². The van der Waals surface area contributed by atoms with E-state index in [-0.39, 0.29) is 30.1 Å². The minimum atomic E-state index is -0.347. The molecule has 1 aliphatic rings. The lowest BCUT2D eigenvalue weighted by molar-refractivity contribution is -0.127. The van der Waals surface area contributed by atoms with E-state index in [1.165, 1.54) is 10.9 Å². The second-order valence-electron chi connectivity index (χ2n) is 6.63. The molecule has 1 aliphatic heterocycles.